The van der Waals surface area contributed by atoms with Crippen molar-refractivity contribution in [2.24, 2.45) is 5.84 Å². The van der Waals surface area contributed by atoms with E-state index in [1.807, 2.05) is 31.6 Å². The van der Waals surface area contributed by atoms with Crippen molar-refractivity contribution in [3.63, 3.8) is 0 Å². The minimum absolute atomic E-state index is 0.827. The number of para-hydroxylation sites is 1. The predicted octanol–water partition coefficient (Wildman–Crippen LogP) is 3.06. The van der Waals surface area contributed by atoms with E-state index in [0.29, 0.717) is 0 Å². The van der Waals surface area contributed by atoms with Gasteiger partial charge >= 0.3 is 0 Å². The highest BCUT2D eigenvalue weighted by Gasteiger charge is 2.16. The van der Waals surface area contributed by atoms with Crippen LogP contribution < -0.4 is 27.0 Å². The van der Waals surface area contributed by atoms with Crippen LogP contribution in [-0.4, -0.2) is 11.6 Å². The molecule has 1 aliphatic heterocycles. The van der Waals surface area contributed by atoms with Gasteiger partial charge in [-0.25, -0.2) is 5.84 Å². The average molecular weight is 360 g/mol. The van der Waals surface area contributed by atoms with Crippen molar-refractivity contribution in [1.82, 2.24) is 20.7 Å². The topological polar surface area (TPSA) is 70.3 Å². The van der Waals surface area contributed by atoms with Crippen LogP contribution in [0.2, 0.25) is 0 Å². The third-order valence-corrected chi connectivity index (χ3v) is 4.82. The van der Waals surface area contributed by atoms with Crippen molar-refractivity contribution in [2.45, 2.75) is 13.5 Å². The predicted molar refractivity (Wildman–Crippen MR) is 112 cm³/mol. The molecule has 0 fully saturated rings. The number of anilines is 1. The molecule has 6 nitrogen and oxygen atoms in total. The van der Waals surface area contributed by atoms with Gasteiger partial charge in [0.1, 0.15) is 0 Å². The molecule has 0 unspecified atom stereocenters. The van der Waals surface area contributed by atoms with Crippen molar-refractivity contribution in [3.05, 3.63) is 78.4 Å². The molecule has 0 saturated carbocycles. The molecule has 0 atom stereocenters. The maximum atomic E-state index is 6.52. The van der Waals surface area contributed by atoms with E-state index in [4.69, 9.17) is 5.84 Å². The smallest absolute Gasteiger partial charge is 0.0980 e. The molecular weight excluding hydrogens is 336 g/mol. The summed E-state index contributed by atoms with van der Waals surface area (Å²) in [5.74, 6) is 6.52. The van der Waals surface area contributed by atoms with E-state index in [0.717, 1.165) is 23.6 Å². The van der Waals surface area contributed by atoms with Crippen LogP contribution in [-0.2, 0) is 6.54 Å². The Morgan fingerprint density at radius 1 is 1.19 bits per heavy atom. The number of benzene rings is 2. The highest BCUT2D eigenvalue weighted by molar-refractivity contribution is 6.09. The van der Waals surface area contributed by atoms with E-state index in [1.165, 1.54) is 21.8 Å². The van der Waals surface area contributed by atoms with Crippen molar-refractivity contribution in [3.8, 4) is 0 Å². The van der Waals surface area contributed by atoms with Crippen LogP contribution in [0.15, 0.2) is 78.4 Å². The lowest BCUT2D eigenvalue weighted by molar-refractivity contribution is 0.712. The molecule has 6 heteroatoms. The number of hydrogen-bond acceptors (Lipinski definition) is 5. The lowest BCUT2D eigenvalue weighted by Crippen LogP contribution is -2.38. The summed E-state index contributed by atoms with van der Waals surface area (Å²) in [6.45, 7) is 3.10. The van der Waals surface area contributed by atoms with Gasteiger partial charge in [-0.3, -0.25) is 10.4 Å². The monoisotopic (exact) mass is 360 g/mol. The van der Waals surface area contributed by atoms with Crippen LogP contribution in [0.25, 0.3) is 21.8 Å². The Labute approximate surface area is 158 Å². The van der Waals surface area contributed by atoms with Crippen LogP contribution in [0.1, 0.15) is 6.92 Å². The maximum Gasteiger partial charge on any atom is 0.0980 e. The third-order valence-electron chi connectivity index (χ3n) is 4.82. The highest BCUT2D eigenvalue weighted by atomic mass is 15.4. The van der Waals surface area contributed by atoms with Gasteiger partial charge in [-0.1, -0.05) is 18.2 Å². The summed E-state index contributed by atoms with van der Waals surface area (Å²) in [6, 6.07) is 14.8. The number of hydrazine groups is 2. The molecule has 138 valence electrons. The summed E-state index contributed by atoms with van der Waals surface area (Å²) < 4.78 is 2.33. The number of nitrogens with two attached hydrogens (primary N) is 1. The first-order chi connectivity index (χ1) is 13.2. The molecular formula is C21H24N6. The van der Waals surface area contributed by atoms with Gasteiger partial charge in [-0.05, 0) is 43.3 Å². The van der Waals surface area contributed by atoms with E-state index in [1.54, 1.807) is 5.01 Å². The molecule has 2 heterocycles. The van der Waals surface area contributed by atoms with Gasteiger partial charge in [-0.2, -0.15) is 0 Å². The molecule has 4 rings (SSSR count). The van der Waals surface area contributed by atoms with Crippen molar-refractivity contribution in [2.75, 3.05) is 12.1 Å². The van der Waals surface area contributed by atoms with E-state index in [2.05, 4.69) is 70.1 Å². The summed E-state index contributed by atoms with van der Waals surface area (Å²) in [5.41, 5.74) is 11.2. The molecule has 1 aromatic heterocycles. The number of hydrogen-bond donors (Lipinski definition) is 4. The molecule has 3 aromatic rings. The lowest BCUT2D eigenvalue weighted by atomic mass is 10.1. The van der Waals surface area contributed by atoms with Gasteiger partial charge in [0.25, 0.3) is 0 Å². The number of nitrogens with zero attached hydrogens (tertiary/aromatic N) is 2. The Bertz CT molecular complexity index is 1070. The first-order valence-electron chi connectivity index (χ1n) is 9.06. The van der Waals surface area contributed by atoms with E-state index >= 15 is 0 Å². The number of fused-ring (bicyclic) bond motifs is 3. The molecule has 1 aliphatic rings. The van der Waals surface area contributed by atoms with Gasteiger partial charge in [0.15, 0.2) is 0 Å². The second-order valence-corrected chi connectivity index (χ2v) is 6.36. The molecule has 2 aromatic carbocycles. The second-order valence-electron chi connectivity index (χ2n) is 6.36. The molecule has 0 saturated heterocycles. The fourth-order valence-corrected chi connectivity index (χ4v) is 3.59. The van der Waals surface area contributed by atoms with E-state index < -0.39 is 0 Å². The quantitative estimate of drug-likeness (QED) is 0.416. The van der Waals surface area contributed by atoms with Crippen LogP contribution in [0, 0.1) is 0 Å². The van der Waals surface area contributed by atoms with Crippen molar-refractivity contribution >= 4 is 27.5 Å². The number of aromatic nitrogens is 1. The normalized spacial score (nSPS) is 14.0. The number of rotatable bonds is 5. The fraction of sp³-hybridized carbons (Fsp3) is 0.143. The van der Waals surface area contributed by atoms with Crippen molar-refractivity contribution < 1.29 is 0 Å². The molecule has 0 bridgehead atoms. The van der Waals surface area contributed by atoms with Gasteiger partial charge in [-0.15, -0.1) is 0 Å². The van der Waals surface area contributed by atoms with E-state index in [-0.39, 0.29) is 0 Å². The van der Waals surface area contributed by atoms with Crippen LogP contribution in [0.3, 0.4) is 0 Å². The molecule has 0 spiro atoms. The summed E-state index contributed by atoms with van der Waals surface area (Å²) in [5, 5.41) is 7.20. The maximum absolute atomic E-state index is 6.52. The van der Waals surface area contributed by atoms with Crippen LogP contribution >= 0.6 is 0 Å². The van der Waals surface area contributed by atoms with Gasteiger partial charge in [0.05, 0.1) is 17.1 Å². The second kappa shape index (κ2) is 7.09. The van der Waals surface area contributed by atoms with Crippen LogP contribution in [0.4, 0.5) is 5.69 Å². The fourth-order valence-electron chi connectivity index (χ4n) is 3.59. The van der Waals surface area contributed by atoms with E-state index in [9.17, 15) is 0 Å². The zero-order valence-corrected chi connectivity index (χ0v) is 15.5. The largest absolute Gasteiger partial charge is 0.392 e. The summed E-state index contributed by atoms with van der Waals surface area (Å²) in [6.07, 6.45) is 7.61. The zero-order valence-electron chi connectivity index (χ0n) is 15.5. The SMILES string of the molecule is CCn1c2ccccc2c2cc(N(N)C(=CNC)C3=CC=CNN3)ccc21. The number of nitrogens with one attached hydrogen (secondary N) is 3. The Hall–Kier alpha value is -3.38. The Morgan fingerprint density at radius 2 is 2.00 bits per heavy atom. The molecule has 5 N–H and O–H groups in total. The molecule has 0 aliphatic carbocycles. The first-order valence-corrected chi connectivity index (χ1v) is 9.06. The average Bonchev–Trinajstić information content (AvgIpc) is 3.05. The highest BCUT2D eigenvalue weighted by Crippen LogP contribution is 2.32. The lowest BCUT2D eigenvalue weighted by Gasteiger charge is -2.26. The minimum atomic E-state index is 0.827. The van der Waals surface area contributed by atoms with Gasteiger partial charge in [0, 0.05) is 47.8 Å². The van der Waals surface area contributed by atoms with Gasteiger partial charge < -0.3 is 15.3 Å². The summed E-state index contributed by atoms with van der Waals surface area (Å²) in [7, 11) is 1.86. The number of aryl methyl sites for hydroxylation is 1. The van der Waals surface area contributed by atoms with Crippen LogP contribution in [0.5, 0.6) is 0 Å². The molecule has 27 heavy (non-hydrogen) atoms. The minimum Gasteiger partial charge on any atom is -0.392 e. The zero-order chi connectivity index (χ0) is 18.8. The van der Waals surface area contributed by atoms with Gasteiger partial charge in [0.2, 0.25) is 0 Å². The Morgan fingerprint density at radius 3 is 2.74 bits per heavy atom. The Balaban J connectivity index is 1.83. The first kappa shape index (κ1) is 17.1. The standard InChI is InChI=1S/C21H24N6/c1-3-26-19-9-5-4-7-16(19)17-13-15(10-11-20(17)26)27(22)21(14-23-2)18-8-6-12-24-25-18/h4-14,23-25H,3,22H2,1-2H3. The summed E-state index contributed by atoms with van der Waals surface area (Å²) >= 11 is 0. The summed E-state index contributed by atoms with van der Waals surface area (Å²) in [4.78, 5) is 0. The Kier molecular flexibility index (Phi) is 4.48. The molecule has 0 amide bonds. The molecule has 0 radical (unpaired) electrons. The third kappa shape index (κ3) is 2.90. The number of allylic oxidation sites excluding steroid dienone is 2. The van der Waals surface area contributed by atoms with Crippen molar-refractivity contribution in [1.29, 1.82) is 0 Å².